The molecule has 3 heterocycles. The number of imidazole rings is 1. The fourth-order valence-electron chi connectivity index (χ4n) is 4.16. The van der Waals surface area contributed by atoms with E-state index in [4.69, 9.17) is 11.4 Å². The molecule has 1 N–H and O–H groups in total. The van der Waals surface area contributed by atoms with Gasteiger partial charge in [-0.25, -0.2) is 4.98 Å². The molecule has 0 aromatic carbocycles. The first-order valence-corrected chi connectivity index (χ1v) is 11.3. The Kier molecular flexibility index (Phi) is 5.36. The third-order valence-corrected chi connectivity index (χ3v) is 5.93. The van der Waals surface area contributed by atoms with Gasteiger partial charge >= 0.3 is 0 Å². The average molecular weight is 429 g/mol. The second kappa shape index (κ2) is 7.86. The number of nitrogens with zero attached hydrogens (tertiary/aromatic N) is 3. The van der Waals surface area contributed by atoms with E-state index in [1.165, 1.54) is 11.1 Å². The number of hydrogen-bond donors (Lipinski definition) is 1. The highest BCUT2D eigenvalue weighted by atomic mass is 32.1. The Bertz CT molecular complexity index is 1250. The van der Waals surface area contributed by atoms with Crippen LogP contribution in [0.25, 0.3) is 27.3 Å². The molecular formula is C26H28N4S. The minimum atomic E-state index is -0.0974. The number of aromatic nitrogens is 3. The number of benzene rings is 1. The van der Waals surface area contributed by atoms with Crippen molar-refractivity contribution in [2.75, 3.05) is 5.32 Å². The lowest BCUT2D eigenvalue weighted by Crippen LogP contribution is -2.36. The van der Waals surface area contributed by atoms with Crippen LogP contribution in [0.15, 0.2) is 54.3 Å². The van der Waals surface area contributed by atoms with E-state index in [-0.39, 0.29) is 11.0 Å². The molecule has 5 heteroatoms. The van der Waals surface area contributed by atoms with Crippen LogP contribution in [-0.4, -0.2) is 19.9 Å². The Balaban J connectivity index is 0.000000325. The first-order chi connectivity index (χ1) is 14.7. The van der Waals surface area contributed by atoms with Gasteiger partial charge in [0, 0.05) is 23.5 Å². The predicted molar refractivity (Wildman–Crippen MR) is 131 cm³/mol. The smallest absolute Gasteiger partial charge is 0.157 e. The summed E-state index contributed by atoms with van der Waals surface area (Å²) in [6, 6.07) is 10.4. The van der Waals surface area contributed by atoms with Crippen LogP contribution in [0.1, 0.15) is 46.6 Å². The lowest BCUT2D eigenvalue weighted by Gasteiger charge is -2.34. The Hall–Kier alpha value is -3.10. The lowest BCUT2D eigenvalue weighted by molar-refractivity contribution is 0.302. The van der Waals surface area contributed by atoms with Crippen molar-refractivity contribution in [1.29, 1.82) is 0 Å². The van der Waals surface area contributed by atoms with Crippen LogP contribution in [0, 0.1) is 17.8 Å². The number of terminal acetylenes is 1. The molecule has 31 heavy (non-hydrogen) atoms. The van der Waals surface area contributed by atoms with Crippen LogP contribution >= 0.6 is 11.3 Å². The molecule has 0 aliphatic heterocycles. The van der Waals surface area contributed by atoms with E-state index in [0.717, 1.165) is 34.0 Å². The van der Waals surface area contributed by atoms with Gasteiger partial charge in [-0.05, 0) is 54.3 Å². The molecular weight excluding hydrogens is 400 g/mol. The van der Waals surface area contributed by atoms with E-state index >= 15 is 0 Å². The zero-order valence-electron chi connectivity index (χ0n) is 18.7. The van der Waals surface area contributed by atoms with E-state index in [9.17, 15) is 0 Å². The van der Waals surface area contributed by atoms with Gasteiger partial charge in [0.1, 0.15) is 11.5 Å². The van der Waals surface area contributed by atoms with E-state index in [1.807, 2.05) is 22.0 Å². The maximum Gasteiger partial charge on any atom is 0.157 e. The minimum Gasteiger partial charge on any atom is -0.364 e. The molecule has 0 unspecified atom stereocenters. The maximum absolute atomic E-state index is 5.68. The van der Waals surface area contributed by atoms with Gasteiger partial charge in [-0.2, -0.15) is 0 Å². The first-order valence-electron chi connectivity index (χ1n) is 10.4. The minimum absolute atomic E-state index is 0.0974. The molecule has 2 aliphatic rings. The number of rotatable bonds is 4. The van der Waals surface area contributed by atoms with Gasteiger partial charge in [0.2, 0.25) is 0 Å². The summed E-state index contributed by atoms with van der Waals surface area (Å²) in [6.07, 6.45) is 12.2. The van der Waals surface area contributed by atoms with Crippen molar-refractivity contribution < 1.29 is 0 Å². The molecule has 0 radical (unpaired) electrons. The van der Waals surface area contributed by atoms with Gasteiger partial charge in [-0.15, -0.1) is 17.8 Å². The van der Waals surface area contributed by atoms with E-state index < -0.39 is 0 Å². The molecule has 0 spiro atoms. The SMILES string of the molecule is C#Cc1ccsc1-c1nc2cnccn2c1NC(C)(C)CC(C)(C)C.c1cc2cc-2c1. The highest BCUT2D eigenvalue weighted by molar-refractivity contribution is 7.13. The fraction of sp³-hybridized carbons (Fsp3) is 0.308. The summed E-state index contributed by atoms with van der Waals surface area (Å²) in [7, 11) is 0. The van der Waals surface area contributed by atoms with Gasteiger partial charge < -0.3 is 5.32 Å². The van der Waals surface area contributed by atoms with Crippen molar-refractivity contribution in [2.24, 2.45) is 5.41 Å². The van der Waals surface area contributed by atoms with Crippen molar-refractivity contribution in [3.05, 3.63) is 59.9 Å². The largest absolute Gasteiger partial charge is 0.364 e. The van der Waals surface area contributed by atoms with Gasteiger partial charge in [-0.1, -0.05) is 44.9 Å². The second-order valence-electron chi connectivity index (χ2n) is 9.75. The summed E-state index contributed by atoms with van der Waals surface area (Å²) in [4.78, 5) is 10.0. The third-order valence-electron chi connectivity index (χ3n) is 5.01. The van der Waals surface area contributed by atoms with E-state index in [0.29, 0.717) is 0 Å². The predicted octanol–water partition coefficient (Wildman–Crippen LogP) is 6.73. The standard InChI is InChI=1S/C20H24N4S.C6H4/c1-7-14-8-11-25-17(14)16-18(23-20(5,6)13-19(2,3)4)24-10-9-21-12-15(24)22-16;1-2-5-4-6(5)3-1/h1,8-12,23H,13H2,2-6H3;1-4H. The van der Waals surface area contributed by atoms with Crippen molar-refractivity contribution in [3.63, 3.8) is 0 Å². The fourth-order valence-corrected chi connectivity index (χ4v) is 5.01. The zero-order chi connectivity index (χ0) is 22.2. The van der Waals surface area contributed by atoms with Crippen LogP contribution in [-0.2, 0) is 0 Å². The molecule has 0 saturated heterocycles. The molecule has 5 rings (SSSR count). The molecule has 0 amide bonds. The van der Waals surface area contributed by atoms with E-state index in [2.05, 4.69) is 75.1 Å². The first kappa shape index (κ1) is 21.1. The lowest BCUT2D eigenvalue weighted by atomic mass is 9.82. The molecule has 4 nitrogen and oxygen atoms in total. The Morgan fingerprint density at radius 3 is 2.45 bits per heavy atom. The van der Waals surface area contributed by atoms with E-state index in [1.54, 1.807) is 23.7 Å². The topological polar surface area (TPSA) is 42.2 Å². The highest BCUT2D eigenvalue weighted by Gasteiger charge is 2.28. The summed E-state index contributed by atoms with van der Waals surface area (Å²) in [6.45, 7) is 11.2. The van der Waals surface area contributed by atoms with Crippen LogP contribution in [0.3, 0.4) is 0 Å². The molecule has 3 aromatic rings. The quantitative estimate of drug-likeness (QED) is 0.323. The summed E-state index contributed by atoms with van der Waals surface area (Å²) in [5, 5.41) is 5.73. The molecule has 158 valence electrons. The highest BCUT2D eigenvalue weighted by Crippen LogP contribution is 2.38. The summed E-state index contributed by atoms with van der Waals surface area (Å²) < 4.78 is 2.05. The van der Waals surface area contributed by atoms with Crippen molar-refractivity contribution in [1.82, 2.24) is 14.4 Å². The summed E-state index contributed by atoms with van der Waals surface area (Å²) >= 11 is 1.62. The van der Waals surface area contributed by atoms with Crippen LogP contribution < -0.4 is 5.32 Å². The van der Waals surface area contributed by atoms with Gasteiger partial charge in [0.25, 0.3) is 0 Å². The Labute approximate surface area is 188 Å². The number of nitrogens with one attached hydrogen (secondary N) is 1. The van der Waals surface area contributed by atoms with Gasteiger partial charge in [0.05, 0.1) is 11.1 Å². The van der Waals surface area contributed by atoms with Gasteiger partial charge in [0.15, 0.2) is 5.65 Å². The monoisotopic (exact) mass is 428 g/mol. The summed E-state index contributed by atoms with van der Waals surface area (Å²) in [5.41, 5.74) is 5.54. The average Bonchev–Trinajstić information content (AvgIpc) is 3.06. The number of fused-ring (bicyclic) bond motifs is 2. The van der Waals surface area contributed by atoms with Crippen molar-refractivity contribution in [2.45, 2.75) is 46.6 Å². The molecule has 0 saturated carbocycles. The zero-order valence-corrected chi connectivity index (χ0v) is 19.5. The molecule has 0 fully saturated rings. The van der Waals surface area contributed by atoms with Crippen LogP contribution in [0.4, 0.5) is 5.82 Å². The molecule has 0 atom stereocenters. The molecule has 2 aliphatic carbocycles. The van der Waals surface area contributed by atoms with Crippen LogP contribution in [0.5, 0.6) is 0 Å². The Morgan fingerprint density at radius 1 is 1.13 bits per heavy atom. The normalized spacial score (nSPS) is 12.1. The summed E-state index contributed by atoms with van der Waals surface area (Å²) in [5.74, 6) is 3.73. The van der Waals surface area contributed by atoms with Crippen LogP contribution in [0.2, 0.25) is 0 Å². The molecule has 3 aromatic heterocycles. The maximum atomic E-state index is 5.68. The van der Waals surface area contributed by atoms with Crippen molar-refractivity contribution in [3.8, 4) is 34.0 Å². The molecule has 0 bridgehead atoms. The number of hydrogen-bond acceptors (Lipinski definition) is 4. The van der Waals surface area contributed by atoms with Crippen molar-refractivity contribution >= 4 is 22.8 Å². The number of thiophene rings is 1. The Morgan fingerprint density at radius 2 is 1.87 bits per heavy atom. The third kappa shape index (κ3) is 4.81. The second-order valence-corrected chi connectivity index (χ2v) is 10.7. The van der Waals surface area contributed by atoms with Gasteiger partial charge in [-0.3, -0.25) is 9.38 Å². The number of anilines is 1.